The molecule has 0 N–H and O–H groups in total. The highest BCUT2D eigenvalue weighted by Crippen LogP contribution is 2.25. The minimum atomic E-state index is -0.171. The summed E-state index contributed by atoms with van der Waals surface area (Å²) in [4.78, 5) is 2.92. The van der Waals surface area contributed by atoms with Crippen molar-refractivity contribution in [2.24, 2.45) is 5.92 Å². The molecule has 17 heavy (non-hydrogen) atoms. The van der Waals surface area contributed by atoms with Crippen LogP contribution in [0.1, 0.15) is 18.9 Å². The number of hydrogen-bond donors (Lipinski definition) is 0. The molecule has 2 atom stereocenters. The van der Waals surface area contributed by atoms with Gasteiger partial charge >= 0.3 is 0 Å². The first-order chi connectivity index (χ1) is 8.04. The van der Waals surface area contributed by atoms with Crippen molar-refractivity contribution >= 4 is 31.9 Å². The Morgan fingerprint density at radius 2 is 2.18 bits per heavy atom. The second-order valence-electron chi connectivity index (χ2n) is 4.79. The SMILES string of the molecule is CC1CCN(Cc2cc(F)cc(Br)c2)CC1Br. The third kappa shape index (κ3) is 3.76. The van der Waals surface area contributed by atoms with Crippen LogP contribution in [0, 0.1) is 11.7 Å². The van der Waals surface area contributed by atoms with E-state index >= 15 is 0 Å². The highest BCUT2D eigenvalue weighted by atomic mass is 79.9. The lowest BCUT2D eigenvalue weighted by Gasteiger charge is -2.34. The largest absolute Gasteiger partial charge is 0.298 e. The third-order valence-corrected chi connectivity index (χ3v) is 4.93. The van der Waals surface area contributed by atoms with Crippen molar-refractivity contribution in [3.8, 4) is 0 Å². The van der Waals surface area contributed by atoms with Crippen LogP contribution < -0.4 is 0 Å². The van der Waals surface area contributed by atoms with Crippen LogP contribution in [-0.2, 0) is 6.54 Å². The molecule has 1 saturated heterocycles. The van der Waals surface area contributed by atoms with Crippen molar-refractivity contribution in [1.82, 2.24) is 4.90 Å². The van der Waals surface area contributed by atoms with Crippen LogP contribution in [0.3, 0.4) is 0 Å². The van der Waals surface area contributed by atoms with Gasteiger partial charge in [-0.3, -0.25) is 4.90 Å². The molecule has 1 aromatic rings. The summed E-state index contributed by atoms with van der Waals surface area (Å²) in [6.45, 7) is 5.23. The molecule has 0 aromatic heterocycles. The van der Waals surface area contributed by atoms with Crippen LogP contribution >= 0.6 is 31.9 Å². The molecule has 4 heteroatoms. The topological polar surface area (TPSA) is 3.24 Å². The van der Waals surface area contributed by atoms with Gasteiger partial charge in [-0.15, -0.1) is 0 Å². The van der Waals surface area contributed by atoms with E-state index in [1.54, 1.807) is 6.07 Å². The average molecular weight is 365 g/mol. The molecule has 1 nitrogen and oxygen atoms in total. The van der Waals surface area contributed by atoms with Gasteiger partial charge in [0.05, 0.1) is 0 Å². The molecule has 0 spiro atoms. The van der Waals surface area contributed by atoms with Crippen LogP contribution in [0.15, 0.2) is 22.7 Å². The first-order valence-electron chi connectivity index (χ1n) is 5.86. The molecule has 0 aliphatic carbocycles. The average Bonchev–Trinajstić information content (AvgIpc) is 2.22. The lowest BCUT2D eigenvalue weighted by atomic mass is 9.98. The van der Waals surface area contributed by atoms with Crippen LogP contribution in [0.25, 0.3) is 0 Å². The number of likely N-dealkylation sites (tertiary alicyclic amines) is 1. The number of piperidine rings is 1. The van der Waals surface area contributed by atoms with E-state index < -0.39 is 0 Å². The van der Waals surface area contributed by atoms with Gasteiger partial charge in [-0.2, -0.15) is 0 Å². The van der Waals surface area contributed by atoms with Crippen molar-refractivity contribution in [3.63, 3.8) is 0 Å². The lowest BCUT2D eigenvalue weighted by Crippen LogP contribution is -2.39. The van der Waals surface area contributed by atoms with Crippen molar-refractivity contribution < 1.29 is 4.39 Å². The maximum Gasteiger partial charge on any atom is 0.124 e. The van der Waals surface area contributed by atoms with E-state index in [9.17, 15) is 4.39 Å². The van der Waals surface area contributed by atoms with Gasteiger partial charge in [-0.25, -0.2) is 4.39 Å². The molecule has 0 saturated carbocycles. The van der Waals surface area contributed by atoms with Gasteiger partial charge < -0.3 is 0 Å². The molecule has 1 fully saturated rings. The summed E-state index contributed by atoms with van der Waals surface area (Å²) in [5.41, 5.74) is 1.03. The van der Waals surface area contributed by atoms with Crippen molar-refractivity contribution in [1.29, 1.82) is 0 Å². The monoisotopic (exact) mass is 363 g/mol. The number of alkyl halides is 1. The zero-order valence-electron chi connectivity index (χ0n) is 9.80. The second-order valence-corrected chi connectivity index (χ2v) is 6.89. The number of hydrogen-bond acceptors (Lipinski definition) is 1. The highest BCUT2D eigenvalue weighted by Gasteiger charge is 2.23. The zero-order chi connectivity index (χ0) is 12.4. The van der Waals surface area contributed by atoms with Crippen molar-refractivity contribution in [2.45, 2.75) is 24.7 Å². The number of benzene rings is 1. The summed E-state index contributed by atoms with van der Waals surface area (Å²) in [7, 11) is 0. The predicted molar refractivity (Wildman–Crippen MR) is 75.9 cm³/mol. The lowest BCUT2D eigenvalue weighted by molar-refractivity contribution is 0.194. The van der Waals surface area contributed by atoms with Crippen molar-refractivity contribution in [2.75, 3.05) is 13.1 Å². The molecule has 2 unspecified atom stereocenters. The molecule has 0 amide bonds. The Balaban J connectivity index is 2.01. The Kier molecular flexibility index (Phi) is 4.61. The molecule has 0 bridgehead atoms. The van der Waals surface area contributed by atoms with Gasteiger partial charge in [-0.05, 0) is 42.6 Å². The van der Waals surface area contributed by atoms with Crippen LogP contribution in [0.4, 0.5) is 4.39 Å². The third-order valence-electron chi connectivity index (χ3n) is 3.28. The van der Waals surface area contributed by atoms with Gasteiger partial charge in [0, 0.05) is 22.4 Å². The minimum Gasteiger partial charge on any atom is -0.298 e. The van der Waals surface area contributed by atoms with E-state index in [0.717, 1.165) is 35.6 Å². The summed E-state index contributed by atoms with van der Waals surface area (Å²) in [5.74, 6) is 0.556. The first kappa shape index (κ1) is 13.5. The first-order valence-corrected chi connectivity index (χ1v) is 7.57. The quantitative estimate of drug-likeness (QED) is 0.711. The summed E-state index contributed by atoms with van der Waals surface area (Å²) >= 11 is 7.04. The number of rotatable bonds is 2. The fourth-order valence-corrected chi connectivity index (χ4v) is 3.38. The standard InChI is InChI=1S/C13H16Br2FN/c1-9-2-3-17(8-13(9)15)7-10-4-11(14)6-12(16)5-10/h4-6,9,13H,2-3,7-8H2,1H3. The molecule has 94 valence electrons. The maximum atomic E-state index is 13.3. The molecule has 1 aromatic carbocycles. The Morgan fingerprint density at radius 1 is 1.41 bits per heavy atom. The summed E-state index contributed by atoms with van der Waals surface area (Å²) in [6, 6.07) is 5.10. The molecular weight excluding hydrogens is 349 g/mol. The minimum absolute atomic E-state index is 0.171. The zero-order valence-corrected chi connectivity index (χ0v) is 13.0. The van der Waals surface area contributed by atoms with Gasteiger partial charge in [0.1, 0.15) is 5.82 Å². The summed E-state index contributed by atoms with van der Waals surface area (Å²) in [5, 5.41) is 0. The maximum absolute atomic E-state index is 13.3. The van der Waals surface area contributed by atoms with Crippen LogP contribution in [-0.4, -0.2) is 22.8 Å². The van der Waals surface area contributed by atoms with E-state index in [1.165, 1.54) is 12.5 Å². The molecule has 2 rings (SSSR count). The van der Waals surface area contributed by atoms with Crippen molar-refractivity contribution in [3.05, 3.63) is 34.1 Å². The molecule has 1 aliphatic rings. The Hall–Kier alpha value is 0.0700. The Morgan fingerprint density at radius 3 is 2.82 bits per heavy atom. The van der Waals surface area contributed by atoms with Gasteiger partial charge in [0.15, 0.2) is 0 Å². The van der Waals surface area contributed by atoms with Gasteiger partial charge in [-0.1, -0.05) is 38.8 Å². The number of nitrogens with zero attached hydrogens (tertiary/aromatic N) is 1. The van der Waals surface area contributed by atoms with Crippen LogP contribution in [0.5, 0.6) is 0 Å². The molecule has 1 heterocycles. The van der Waals surface area contributed by atoms with E-state index in [-0.39, 0.29) is 5.82 Å². The Bertz CT molecular complexity index is 377. The summed E-state index contributed by atoms with van der Waals surface area (Å²) in [6.07, 6.45) is 1.20. The molecule has 1 aliphatic heterocycles. The predicted octanol–water partition coefficient (Wildman–Crippen LogP) is 4.19. The van der Waals surface area contributed by atoms with E-state index in [1.807, 2.05) is 6.07 Å². The smallest absolute Gasteiger partial charge is 0.124 e. The van der Waals surface area contributed by atoms with Gasteiger partial charge in [0.25, 0.3) is 0 Å². The summed E-state index contributed by atoms with van der Waals surface area (Å²) < 4.78 is 14.1. The second kappa shape index (κ2) is 5.81. The molecular formula is C13H16Br2FN. The number of halogens is 3. The van der Waals surface area contributed by atoms with Gasteiger partial charge in [0.2, 0.25) is 0 Å². The molecule has 0 radical (unpaired) electrons. The van der Waals surface area contributed by atoms with Crippen LogP contribution in [0.2, 0.25) is 0 Å². The highest BCUT2D eigenvalue weighted by molar-refractivity contribution is 9.10. The fourth-order valence-electron chi connectivity index (χ4n) is 2.19. The Labute approximate surface area is 119 Å². The van der Waals surface area contributed by atoms with E-state index in [4.69, 9.17) is 0 Å². The van der Waals surface area contributed by atoms with E-state index in [2.05, 4.69) is 43.7 Å². The normalized spacial score (nSPS) is 26.1. The van der Waals surface area contributed by atoms with E-state index in [0.29, 0.717) is 4.83 Å². The fraction of sp³-hybridized carbons (Fsp3) is 0.538.